The van der Waals surface area contributed by atoms with Crippen molar-refractivity contribution in [3.63, 3.8) is 0 Å². The van der Waals surface area contributed by atoms with Gasteiger partial charge in [0.25, 0.3) is 0 Å². The third kappa shape index (κ3) is 3.85. The third-order valence-electron chi connectivity index (χ3n) is 2.65. The fourth-order valence-corrected chi connectivity index (χ4v) is 4.11. The number of hydrogen-bond donors (Lipinski definition) is 3. The largest absolute Gasteiger partial charge is 0.312 e. The maximum absolute atomic E-state index is 12.2. The van der Waals surface area contributed by atoms with E-state index in [0.29, 0.717) is 23.7 Å². The van der Waals surface area contributed by atoms with Crippen LogP contribution in [0.25, 0.3) is 0 Å². The SMILES string of the molecule is CCNCc1sccc1S(=O)(=O)NCCc1ncn[nH]1. The molecule has 0 radical (unpaired) electrons. The van der Waals surface area contributed by atoms with Crippen molar-refractivity contribution in [2.75, 3.05) is 13.1 Å². The minimum Gasteiger partial charge on any atom is -0.312 e. The van der Waals surface area contributed by atoms with Crippen molar-refractivity contribution in [3.05, 3.63) is 28.5 Å². The molecule has 0 aliphatic rings. The van der Waals surface area contributed by atoms with E-state index in [-0.39, 0.29) is 6.54 Å². The van der Waals surface area contributed by atoms with Crippen LogP contribution in [0.1, 0.15) is 17.6 Å². The zero-order valence-electron chi connectivity index (χ0n) is 11.1. The molecule has 0 aliphatic carbocycles. The molecule has 2 aromatic rings. The fraction of sp³-hybridized carbons (Fsp3) is 0.455. The van der Waals surface area contributed by atoms with E-state index in [2.05, 4.69) is 25.2 Å². The topological polar surface area (TPSA) is 99.8 Å². The number of thiophene rings is 1. The van der Waals surface area contributed by atoms with Crippen LogP contribution < -0.4 is 10.0 Å². The Kier molecular flexibility index (Phi) is 5.24. The number of hydrogen-bond acceptors (Lipinski definition) is 6. The number of aromatic nitrogens is 3. The number of nitrogens with zero attached hydrogens (tertiary/aromatic N) is 2. The molecule has 20 heavy (non-hydrogen) atoms. The number of sulfonamides is 1. The second-order valence-corrected chi connectivity index (χ2v) is 6.80. The highest BCUT2D eigenvalue weighted by Gasteiger charge is 2.19. The van der Waals surface area contributed by atoms with E-state index in [1.54, 1.807) is 11.4 Å². The van der Waals surface area contributed by atoms with Crippen molar-refractivity contribution >= 4 is 21.4 Å². The minimum absolute atomic E-state index is 0.286. The summed E-state index contributed by atoms with van der Waals surface area (Å²) in [5.74, 6) is 0.658. The Labute approximate surface area is 121 Å². The van der Waals surface area contributed by atoms with Crippen LogP contribution in [0.15, 0.2) is 22.7 Å². The van der Waals surface area contributed by atoms with Crippen molar-refractivity contribution < 1.29 is 8.42 Å². The average Bonchev–Trinajstić information content (AvgIpc) is 3.07. The van der Waals surface area contributed by atoms with Gasteiger partial charge in [-0.2, -0.15) is 5.10 Å². The highest BCUT2D eigenvalue weighted by atomic mass is 32.2. The van der Waals surface area contributed by atoms with Gasteiger partial charge < -0.3 is 5.32 Å². The first-order valence-corrected chi connectivity index (χ1v) is 8.60. The van der Waals surface area contributed by atoms with Crippen molar-refractivity contribution in [1.29, 1.82) is 0 Å². The molecule has 2 rings (SSSR count). The summed E-state index contributed by atoms with van der Waals surface area (Å²) in [4.78, 5) is 5.11. The first kappa shape index (κ1) is 15.1. The maximum Gasteiger partial charge on any atom is 0.241 e. The van der Waals surface area contributed by atoms with E-state index >= 15 is 0 Å². The van der Waals surface area contributed by atoms with Crippen molar-refractivity contribution in [3.8, 4) is 0 Å². The van der Waals surface area contributed by atoms with E-state index in [1.165, 1.54) is 17.7 Å². The molecule has 2 heterocycles. The lowest BCUT2D eigenvalue weighted by Crippen LogP contribution is -2.27. The lowest BCUT2D eigenvalue weighted by molar-refractivity contribution is 0.579. The molecule has 0 unspecified atom stereocenters. The van der Waals surface area contributed by atoms with Crippen molar-refractivity contribution in [1.82, 2.24) is 25.2 Å². The molecule has 0 aliphatic heterocycles. The first-order valence-electron chi connectivity index (χ1n) is 6.24. The molecule has 0 fully saturated rings. The van der Waals surface area contributed by atoms with Gasteiger partial charge in [0.15, 0.2) is 0 Å². The second kappa shape index (κ2) is 6.93. The molecule has 0 saturated carbocycles. The number of rotatable bonds is 8. The van der Waals surface area contributed by atoms with E-state index in [1.807, 2.05) is 6.92 Å². The van der Waals surface area contributed by atoms with Crippen LogP contribution in [0.5, 0.6) is 0 Å². The zero-order chi connectivity index (χ0) is 14.4. The molecule has 0 spiro atoms. The minimum atomic E-state index is -3.47. The van der Waals surface area contributed by atoms with Gasteiger partial charge in [0.1, 0.15) is 12.2 Å². The van der Waals surface area contributed by atoms with Gasteiger partial charge in [0.2, 0.25) is 10.0 Å². The second-order valence-electron chi connectivity index (χ2n) is 4.07. The Morgan fingerprint density at radius 2 is 2.30 bits per heavy atom. The van der Waals surface area contributed by atoms with E-state index in [0.717, 1.165) is 11.4 Å². The van der Waals surface area contributed by atoms with Crippen LogP contribution >= 0.6 is 11.3 Å². The molecule has 0 amide bonds. The van der Waals surface area contributed by atoms with Crippen LogP contribution in [0.2, 0.25) is 0 Å². The molecular weight excluding hydrogens is 298 g/mol. The molecule has 3 N–H and O–H groups in total. The van der Waals surface area contributed by atoms with Gasteiger partial charge in [-0.15, -0.1) is 11.3 Å². The van der Waals surface area contributed by atoms with Crippen LogP contribution in [0.3, 0.4) is 0 Å². The molecule has 7 nitrogen and oxygen atoms in total. The highest BCUT2D eigenvalue weighted by molar-refractivity contribution is 7.89. The fourth-order valence-electron chi connectivity index (χ4n) is 1.67. The van der Waals surface area contributed by atoms with Crippen LogP contribution in [-0.4, -0.2) is 36.7 Å². The smallest absolute Gasteiger partial charge is 0.241 e. The zero-order valence-corrected chi connectivity index (χ0v) is 12.7. The van der Waals surface area contributed by atoms with Gasteiger partial charge in [0, 0.05) is 24.4 Å². The van der Waals surface area contributed by atoms with Crippen LogP contribution in [0.4, 0.5) is 0 Å². The molecular formula is C11H17N5O2S2. The van der Waals surface area contributed by atoms with Crippen molar-refractivity contribution in [2.45, 2.75) is 24.8 Å². The monoisotopic (exact) mass is 315 g/mol. The molecule has 0 bridgehead atoms. The van der Waals surface area contributed by atoms with E-state index in [9.17, 15) is 8.42 Å². The Balaban J connectivity index is 1.97. The predicted octanol–water partition coefficient (Wildman–Crippen LogP) is 0.497. The van der Waals surface area contributed by atoms with Gasteiger partial charge in [0.05, 0.1) is 4.90 Å². The Morgan fingerprint density at radius 3 is 3.00 bits per heavy atom. The molecule has 0 aromatic carbocycles. The number of H-pyrrole nitrogens is 1. The summed E-state index contributed by atoms with van der Waals surface area (Å²) < 4.78 is 27.0. The van der Waals surface area contributed by atoms with Gasteiger partial charge in [-0.1, -0.05) is 6.92 Å². The Morgan fingerprint density at radius 1 is 1.45 bits per heavy atom. The summed E-state index contributed by atoms with van der Waals surface area (Å²) in [6, 6.07) is 1.63. The number of nitrogens with one attached hydrogen (secondary N) is 3. The van der Waals surface area contributed by atoms with Crippen LogP contribution in [0, 0.1) is 0 Å². The number of aromatic amines is 1. The van der Waals surface area contributed by atoms with Crippen molar-refractivity contribution in [2.24, 2.45) is 0 Å². The molecule has 9 heteroatoms. The summed E-state index contributed by atoms with van der Waals surface area (Å²) in [5.41, 5.74) is 0. The maximum atomic E-state index is 12.2. The summed E-state index contributed by atoms with van der Waals surface area (Å²) in [7, 11) is -3.47. The van der Waals surface area contributed by atoms with Gasteiger partial charge in [-0.3, -0.25) is 5.10 Å². The summed E-state index contributed by atoms with van der Waals surface area (Å²) in [5, 5.41) is 11.3. The third-order valence-corrected chi connectivity index (χ3v) is 5.24. The van der Waals surface area contributed by atoms with E-state index < -0.39 is 10.0 Å². The normalized spacial score (nSPS) is 11.8. The molecule has 2 aromatic heterocycles. The highest BCUT2D eigenvalue weighted by Crippen LogP contribution is 2.21. The molecule has 0 saturated heterocycles. The van der Waals surface area contributed by atoms with Gasteiger partial charge in [-0.05, 0) is 18.0 Å². The van der Waals surface area contributed by atoms with Gasteiger partial charge in [-0.25, -0.2) is 18.1 Å². The Hall–Kier alpha value is -1.29. The first-order chi connectivity index (χ1) is 9.63. The lowest BCUT2D eigenvalue weighted by atomic mass is 10.4. The molecule has 0 atom stereocenters. The Bertz CT molecular complexity index is 621. The van der Waals surface area contributed by atoms with E-state index in [4.69, 9.17) is 0 Å². The van der Waals surface area contributed by atoms with Crippen LogP contribution in [-0.2, 0) is 23.0 Å². The summed E-state index contributed by atoms with van der Waals surface area (Å²) >= 11 is 1.44. The standard InChI is InChI=1S/C11H17N5O2S2/c1-2-12-7-9-10(4-6-19-9)20(17,18)15-5-3-11-13-8-14-16-11/h4,6,8,12,15H,2-3,5,7H2,1H3,(H,13,14,16). The quantitative estimate of drug-likeness (QED) is 0.658. The predicted molar refractivity (Wildman–Crippen MR) is 77.0 cm³/mol. The summed E-state index contributed by atoms with van der Waals surface area (Å²) in [6.07, 6.45) is 1.88. The average molecular weight is 315 g/mol. The molecule has 110 valence electrons. The lowest BCUT2D eigenvalue weighted by Gasteiger charge is -2.07. The van der Waals surface area contributed by atoms with Gasteiger partial charge >= 0.3 is 0 Å². The summed E-state index contributed by atoms with van der Waals surface area (Å²) in [6.45, 7) is 3.63.